The topological polar surface area (TPSA) is 65.0 Å². The quantitative estimate of drug-likeness (QED) is 0.653. The third kappa shape index (κ3) is 3.70. The molecule has 5 heteroatoms. The van der Waals surface area contributed by atoms with Crippen LogP contribution in [0.15, 0.2) is 18.2 Å². The van der Waals surface area contributed by atoms with E-state index >= 15 is 0 Å². The smallest absolute Gasteiger partial charge is 0.0990 e. The van der Waals surface area contributed by atoms with E-state index in [1.807, 2.05) is 4.90 Å². The second-order valence-corrected chi connectivity index (χ2v) is 5.34. The molecule has 1 aromatic rings. The molecular weight excluding hydrogens is 256 g/mol. The van der Waals surface area contributed by atoms with Crippen molar-refractivity contribution in [2.24, 2.45) is 0 Å². The monoisotopic (exact) mass is 280 g/mol. The Morgan fingerprint density at radius 2 is 2.00 bits per heavy atom. The number of nitrogens with zero attached hydrogens (tertiary/aromatic N) is 1. The van der Waals surface area contributed by atoms with Crippen molar-refractivity contribution >= 4 is 5.69 Å². The van der Waals surface area contributed by atoms with Crippen LogP contribution in [0.5, 0.6) is 0 Å². The first kappa shape index (κ1) is 15.3. The van der Waals surface area contributed by atoms with Crippen LogP contribution in [0.25, 0.3) is 0 Å². The summed E-state index contributed by atoms with van der Waals surface area (Å²) in [5.74, 6) is 0. The zero-order chi connectivity index (χ0) is 14.5. The molecule has 1 heterocycles. The lowest BCUT2D eigenvalue weighted by Crippen LogP contribution is -2.25. The van der Waals surface area contributed by atoms with Crippen LogP contribution in [0.4, 0.5) is 5.69 Å². The fourth-order valence-corrected chi connectivity index (χ4v) is 2.53. The summed E-state index contributed by atoms with van der Waals surface area (Å²) in [5, 5.41) is 22.7. The molecule has 0 amide bonds. The molecule has 0 bridgehead atoms. The molecule has 0 saturated carbocycles. The molecule has 1 saturated heterocycles. The number of hydrogen-bond acceptors (Lipinski definition) is 5. The van der Waals surface area contributed by atoms with Crippen molar-refractivity contribution in [3.63, 3.8) is 0 Å². The highest BCUT2D eigenvalue weighted by Gasteiger charge is 2.30. The molecule has 1 fully saturated rings. The molecule has 1 aliphatic rings. The summed E-state index contributed by atoms with van der Waals surface area (Å²) >= 11 is 0. The number of β-amino-alcohol motifs (C(OH)–C–C–N with tert-alkyl or cyclic N) is 2. The van der Waals surface area contributed by atoms with E-state index in [1.165, 1.54) is 11.1 Å². The predicted molar refractivity (Wildman–Crippen MR) is 79.0 cm³/mol. The van der Waals surface area contributed by atoms with Crippen molar-refractivity contribution < 1.29 is 14.9 Å². The number of hydrogen-bond donors (Lipinski definition) is 3. The first-order chi connectivity index (χ1) is 9.61. The maximum absolute atomic E-state index is 9.70. The van der Waals surface area contributed by atoms with Gasteiger partial charge in [-0.25, -0.2) is 0 Å². The lowest BCUT2D eigenvalue weighted by molar-refractivity contribution is 0.0572. The summed E-state index contributed by atoms with van der Waals surface area (Å²) in [7, 11) is 1.69. The number of methoxy groups -OCH3 is 1. The molecule has 0 spiro atoms. The van der Waals surface area contributed by atoms with Gasteiger partial charge in [0.1, 0.15) is 0 Å². The van der Waals surface area contributed by atoms with Crippen LogP contribution in [0, 0.1) is 6.92 Å². The number of benzene rings is 1. The van der Waals surface area contributed by atoms with Gasteiger partial charge in [0.25, 0.3) is 0 Å². The van der Waals surface area contributed by atoms with Gasteiger partial charge >= 0.3 is 0 Å². The summed E-state index contributed by atoms with van der Waals surface area (Å²) in [6.45, 7) is 5.27. The Bertz CT molecular complexity index is 429. The molecule has 0 aliphatic carbocycles. The summed E-state index contributed by atoms with van der Waals surface area (Å²) < 4.78 is 5.02. The maximum atomic E-state index is 9.70. The summed E-state index contributed by atoms with van der Waals surface area (Å²) in [6, 6.07) is 6.27. The standard InChI is InChI=1S/C15H24N2O3/c1-11-3-4-13(17-9-14(18)15(19)10-17)12(7-11)8-16-5-6-20-2/h3-4,7,14-16,18-19H,5-6,8-10H2,1-2H3. The molecule has 2 unspecified atom stereocenters. The summed E-state index contributed by atoms with van der Waals surface area (Å²) in [6.07, 6.45) is -1.32. The van der Waals surface area contributed by atoms with Gasteiger partial charge in [0, 0.05) is 39.0 Å². The van der Waals surface area contributed by atoms with E-state index in [9.17, 15) is 10.2 Å². The Morgan fingerprint density at radius 3 is 2.65 bits per heavy atom. The van der Waals surface area contributed by atoms with E-state index in [0.717, 1.165) is 18.8 Å². The Balaban J connectivity index is 2.07. The number of ether oxygens (including phenoxy) is 1. The van der Waals surface area contributed by atoms with Crippen LogP contribution in [0.3, 0.4) is 0 Å². The van der Waals surface area contributed by atoms with Gasteiger partial charge in [-0.3, -0.25) is 0 Å². The van der Waals surface area contributed by atoms with Crippen molar-refractivity contribution in [2.75, 3.05) is 38.3 Å². The summed E-state index contributed by atoms with van der Waals surface area (Å²) in [5.41, 5.74) is 3.47. The van der Waals surface area contributed by atoms with Gasteiger partial charge in [0.15, 0.2) is 0 Å². The summed E-state index contributed by atoms with van der Waals surface area (Å²) in [4.78, 5) is 2.04. The SMILES string of the molecule is COCCNCc1cc(C)ccc1N1CC(O)C(O)C1. The van der Waals surface area contributed by atoms with E-state index in [-0.39, 0.29) is 0 Å². The number of aliphatic hydroxyl groups is 2. The van der Waals surface area contributed by atoms with Crippen LogP contribution < -0.4 is 10.2 Å². The lowest BCUT2D eigenvalue weighted by atomic mass is 10.1. The highest BCUT2D eigenvalue weighted by molar-refractivity contribution is 5.56. The van der Waals surface area contributed by atoms with E-state index in [0.29, 0.717) is 19.7 Å². The van der Waals surface area contributed by atoms with Crippen molar-refractivity contribution in [1.29, 1.82) is 0 Å². The van der Waals surface area contributed by atoms with Gasteiger partial charge in [-0.15, -0.1) is 0 Å². The minimum atomic E-state index is -0.661. The fraction of sp³-hybridized carbons (Fsp3) is 0.600. The normalized spacial score (nSPS) is 22.5. The zero-order valence-corrected chi connectivity index (χ0v) is 12.2. The first-order valence-corrected chi connectivity index (χ1v) is 7.02. The lowest BCUT2D eigenvalue weighted by Gasteiger charge is -2.22. The number of nitrogens with one attached hydrogen (secondary N) is 1. The average molecular weight is 280 g/mol. The largest absolute Gasteiger partial charge is 0.389 e. The number of rotatable bonds is 6. The van der Waals surface area contributed by atoms with Gasteiger partial charge in [-0.1, -0.05) is 17.7 Å². The van der Waals surface area contributed by atoms with Crippen LogP contribution >= 0.6 is 0 Å². The molecule has 2 rings (SSSR count). The Morgan fingerprint density at radius 1 is 1.30 bits per heavy atom. The van der Waals surface area contributed by atoms with Crippen LogP contribution in [-0.2, 0) is 11.3 Å². The average Bonchev–Trinajstić information content (AvgIpc) is 2.75. The molecule has 0 aromatic heterocycles. The molecule has 20 heavy (non-hydrogen) atoms. The molecule has 5 nitrogen and oxygen atoms in total. The predicted octanol–water partition coefficient (Wildman–Crippen LogP) is 0.273. The van der Waals surface area contributed by atoms with E-state index in [4.69, 9.17) is 4.74 Å². The van der Waals surface area contributed by atoms with Gasteiger partial charge in [0.2, 0.25) is 0 Å². The van der Waals surface area contributed by atoms with Crippen molar-refractivity contribution in [1.82, 2.24) is 5.32 Å². The van der Waals surface area contributed by atoms with E-state index in [2.05, 4.69) is 30.4 Å². The molecular formula is C15H24N2O3. The molecule has 1 aliphatic heterocycles. The Labute approximate surface area is 120 Å². The second-order valence-electron chi connectivity index (χ2n) is 5.34. The van der Waals surface area contributed by atoms with Crippen LogP contribution in [-0.4, -0.2) is 55.8 Å². The minimum absolute atomic E-state index is 0.481. The Kier molecular flexibility index (Phi) is 5.37. The maximum Gasteiger partial charge on any atom is 0.0990 e. The van der Waals surface area contributed by atoms with E-state index in [1.54, 1.807) is 7.11 Å². The van der Waals surface area contributed by atoms with Crippen molar-refractivity contribution in [3.05, 3.63) is 29.3 Å². The van der Waals surface area contributed by atoms with Crippen LogP contribution in [0.2, 0.25) is 0 Å². The first-order valence-electron chi connectivity index (χ1n) is 7.02. The van der Waals surface area contributed by atoms with Gasteiger partial charge in [0.05, 0.1) is 18.8 Å². The van der Waals surface area contributed by atoms with Crippen molar-refractivity contribution in [2.45, 2.75) is 25.7 Å². The van der Waals surface area contributed by atoms with E-state index < -0.39 is 12.2 Å². The third-order valence-corrected chi connectivity index (χ3v) is 3.63. The Hall–Kier alpha value is -1.14. The number of anilines is 1. The molecule has 112 valence electrons. The minimum Gasteiger partial charge on any atom is -0.389 e. The van der Waals surface area contributed by atoms with Crippen molar-refractivity contribution in [3.8, 4) is 0 Å². The molecule has 3 N–H and O–H groups in total. The molecule has 1 aromatic carbocycles. The number of aryl methyl sites for hydroxylation is 1. The molecule has 2 atom stereocenters. The van der Waals surface area contributed by atoms with Gasteiger partial charge in [-0.2, -0.15) is 0 Å². The molecule has 0 radical (unpaired) electrons. The highest BCUT2D eigenvalue weighted by Crippen LogP contribution is 2.26. The highest BCUT2D eigenvalue weighted by atomic mass is 16.5. The van der Waals surface area contributed by atoms with Gasteiger partial charge < -0.3 is 25.2 Å². The van der Waals surface area contributed by atoms with Crippen LogP contribution in [0.1, 0.15) is 11.1 Å². The zero-order valence-electron chi connectivity index (χ0n) is 12.2. The number of aliphatic hydroxyl groups excluding tert-OH is 2. The fourth-order valence-electron chi connectivity index (χ4n) is 2.53. The van der Waals surface area contributed by atoms with Gasteiger partial charge in [-0.05, 0) is 18.6 Å². The third-order valence-electron chi connectivity index (χ3n) is 3.63. The second kappa shape index (κ2) is 7.04.